The molecule has 10 heteroatoms. The Morgan fingerprint density at radius 2 is 1.11 bits per heavy atom. The van der Waals surface area contributed by atoms with E-state index in [0.29, 0.717) is 5.75 Å². The van der Waals surface area contributed by atoms with E-state index in [0.717, 1.165) is 0 Å². The zero-order valence-corrected chi connectivity index (χ0v) is 15.0. The van der Waals surface area contributed by atoms with Gasteiger partial charge in [-0.05, 0) is 12.1 Å². The third-order valence-corrected chi connectivity index (χ3v) is 3.59. The smallest absolute Gasteiger partial charge is 0.328 e. The molecule has 0 spiro atoms. The molecule has 0 amide bonds. The molecule has 10 nitrogen and oxygen atoms in total. The van der Waals surface area contributed by atoms with E-state index in [9.17, 15) is 20.4 Å². The Bertz CT molecular complexity index is 630. The fourth-order valence-corrected chi connectivity index (χ4v) is 2.36. The molecule has 0 unspecified atom stereocenters. The van der Waals surface area contributed by atoms with Gasteiger partial charge in [-0.25, -0.2) is 0 Å². The van der Waals surface area contributed by atoms with E-state index in [1.807, 2.05) is 18.2 Å². The third kappa shape index (κ3) is 6.29. The number of nitrogens with zero attached hydrogens (tertiary/aromatic N) is 5. The normalized spacial score (nSPS) is 10.7. The number of ether oxygens (including phenoxy) is 1. The predicted molar refractivity (Wildman–Crippen MR) is 99.1 cm³/mol. The van der Waals surface area contributed by atoms with Gasteiger partial charge in [0.25, 0.3) is 0 Å². The number of hydrogen-bond donors (Lipinski definition) is 4. The average Bonchev–Trinajstić information content (AvgIpc) is 2.68. The molecule has 0 saturated heterocycles. The summed E-state index contributed by atoms with van der Waals surface area (Å²) < 4.78 is 5.71. The molecule has 0 aliphatic rings. The van der Waals surface area contributed by atoms with Crippen LogP contribution in [0.1, 0.15) is 0 Å². The van der Waals surface area contributed by atoms with Crippen LogP contribution in [0.15, 0.2) is 30.3 Å². The molecule has 4 N–H and O–H groups in total. The van der Waals surface area contributed by atoms with Crippen molar-refractivity contribution in [2.75, 3.05) is 62.4 Å². The molecular weight excluding hydrogens is 354 g/mol. The number of aliphatic hydroxyl groups excluding tert-OH is 4. The number of benzene rings is 1. The highest BCUT2D eigenvalue weighted by Crippen LogP contribution is 2.22. The van der Waals surface area contributed by atoms with Crippen LogP contribution in [0.5, 0.6) is 11.8 Å². The lowest BCUT2D eigenvalue weighted by molar-refractivity contribution is 0.278. The largest absolute Gasteiger partial charge is 0.424 e. The minimum absolute atomic E-state index is 0.0305. The van der Waals surface area contributed by atoms with Crippen molar-refractivity contribution in [2.24, 2.45) is 0 Å². The van der Waals surface area contributed by atoms with Crippen LogP contribution in [-0.4, -0.2) is 88.0 Å². The van der Waals surface area contributed by atoms with Crippen LogP contribution in [0, 0.1) is 0 Å². The number of aliphatic hydroxyl groups is 4. The molecule has 27 heavy (non-hydrogen) atoms. The molecule has 0 radical (unpaired) electrons. The van der Waals surface area contributed by atoms with Gasteiger partial charge in [0.1, 0.15) is 5.75 Å². The van der Waals surface area contributed by atoms with Crippen LogP contribution in [0.25, 0.3) is 0 Å². The summed E-state index contributed by atoms with van der Waals surface area (Å²) in [5.41, 5.74) is 0. The van der Waals surface area contributed by atoms with Crippen molar-refractivity contribution in [2.45, 2.75) is 0 Å². The number of anilines is 2. The standard InChI is InChI=1S/C17H25N5O5/c23-10-6-21(7-11-24)15-18-16(22(8-12-25)9-13-26)20-17(19-15)27-14-4-2-1-3-5-14/h1-5,23-26H,6-13H2. The molecule has 0 saturated carbocycles. The van der Waals surface area contributed by atoms with Gasteiger partial charge in [-0.3, -0.25) is 0 Å². The Hall–Kier alpha value is -2.53. The maximum absolute atomic E-state index is 9.27. The van der Waals surface area contributed by atoms with Crippen LogP contribution < -0.4 is 14.5 Å². The van der Waals surface area contributed by atoms with E-state index >= 15 is 0 Å². The molecule has 0 aliphatic heterocycles. The van der Waals surface area contributed by atoms with E-state index in [4.69, 9.17) is 4.74 Å². The summed E-state index contributed by atoms with van der Waals surface area (Å²) >= 11 is 0. The summed E-state index contributed by atoms with van der Waals surface area (Å²) in [6.45, 7) is 0.284. The molecule has 0 atom stereocenters. The fourth-order valence-electron chi connectivity index (χ4n) is 2.36. The Morgan fingerprint density at radius 3 is 1.52 bits per heavy atom. The minimum atomic E-state index is -0.146. The first-order valence-corrected chi connectivity index (χ1v) is 8.64. The summed E-state index contributed by atoms with van der Waals surface area (Å²) in [6, 6.07) is 9.01. The van der Waals surface area contributed by atoms with Crippen molar-refractivity contribution in [3.8, 4) is 11.8 Å². The monoisotopic (exact) mass is 379 g/mol. The van der Waals surface area contributed by atoms with Gasteiger partial charge in [-0.15, -0.1) is 0 Å². The molecule has 1 aromatic heterocycles. The topological polar surface area (TPSA) is 135 Å². The van der Waals surface area contributed by atoms with Gasteiger partial charge in [-0.1, -0.05) is 18.2 Å². The summed E-state index contributed by atoms with van der Waals surface area (Å²) in [7, 11) is 0. The summed E-state index contributed by atoms with van der Waals surface area (Å²) in [5, 5.41) is 37.1. The Balaban J connectivity index is 2.41. The average molecular weight is 379 g/mol. The maximum atomic E-state index is 9.27. The fraction of sp³-hybridized carbons (Fsp3) is 0.471. The van der Waals surface area contributed by atoms with Crippen LogP contribution in [0.4, 0.5) is 11.9 Å². The molecule has 1 aromatic carbocycles. The van der Waals surface area contributed by atoms with Gasteiger partial charge in [0.05, 0.1) is 26.4 Å². The summed E-state index contributed by atoms with van der Waals surface area (Å²) in [4.78, 5) is 16.1. The van der Waals surface area contributed by atoms with Gasteiger partial charge in [0.2, 0.25) is 11.9 Å². The second-order valence-corrected chi connectivity index (χ2v) is 5.50. The second kappa shape index (κ2) is 11.2. The predicted octanol–water partition coefficient (Wildman–Crippen LogP) is -0.754. The number of para-hydroxylation sites is 1. The Kier molecular flexibility index (Phi) is 8.65. The Labute approximate surface area is 157 Å². The molecule has 2 rings (SSSR count). The van der Waals surface area contributed by atoms with Crippen LogP contribution in [0.3, 0.4) is 0 Å². The number of aromatic nitrogens is 3. The first kappa shape index (κ1) is 20.8. The third-order valence-electron chi connectivity index (χ3n) is 3.59. The molecular formula is C17H25N5O5. The highest BCUT2D eigenvalue weighted by atomic mass is 16.5. The molecule has 1 heterocycles. The van der Waals surface area contributed by atoms with Crippen molar-refractivity contribution in [1.29, 1.82) is 0 Å². The highest BCUT2D eigenvalue weighted by Gasteiger charge is 2.18. The van der Waals surface area contributed by atoms with E-state index < -0.39 is 0 Å². The summed E-state index contributed by atoms with van der Waals surface area (Å²) in [5.74, 6) is 0.970. The lowest BCUT2D eigenvalue weighted by atomic mass is 10.3. The van der Waals surface area contributed by atoms with E-state index in [-0.39, 0.29) is 70.5 Å². The van der Waals surface area contributed by atoms with Gasteiger partial charge in [-0.2, -0.15) is 15.0 Å². The zero-order chi connectivity index (χ0) is 19.5. The van der Waals surface area contributed by atoms with Crippen molar-refractivity contribution < 1.29 is 25.2 Å². The quantitative estimate of drug-likeness (QED) is 0.373. The molecule has 148 valence electrons. The van der Waals surface area contributed by atoms with Crippen molar-refractivity contribution >= 4 is 11.9 Å². The molecule has 2 aromatic rings. The van der Waals surface area contributed by atoms with Crippen LogP contribution >= 0.6 is 0 Å². The second-order valence-electron chi connectivity index (χ2n) is 5.50. The number of rotatable bonds is 12. The first-order chi connectivity index (χ1) is 13.2. The van der Waals surface area contributed by atoms with Crippen molar-refractivity contribution in [3.05, 3.63) is 30.3 Å². The first-order valence-electron chi connectivity index (χ1n) is 8.64. The maximum Gasteiger partial charge on any atom is 0.328 e. The van der Waals surface area contributed by atoms with Crippen LogP contribution in [-0.2, 0) is 0 Å². The minimum Gasteiger partial charge on any atom is -0.424 e. The Morgan fingerprint density at radius 1 is 0.667 bits per heavy atom. The van der Waals surface area contributed by atoms with E-state index in [2.05, 4.69) is 15.0 Å². The van der Waals surface area contributed by atoms with Crippen LogP contribution in [0.2, 0.25) is 0 Å². The van der Waals surface area contributed by atoms with Crippen molar-refractivity contribution in [1.82, 2.24) is 15.0 Å². The van der Waals surface area contributed by atoms with Gasteiger partial charge in [0, 0.05) is 26.2 Å². The zero-order valence-electron chi connectivity index (χ0n) is 15.0. The molecule has 0 bridgehead atoms. The SMILES string of the molecule is OCCN(CCO)c1nc(Oc2ccccc2)nc(N(CCO)CCO)n1. The van der Waals surface area contributed by atoms with Crippen molar-refractivity contribution in [3.63, 3.8) is 0 Å². The lowest BCUT2D eigenvalue weighted by Crippen LogP contribution is -2.34. The van der Waals surface area contributed by atoms with E-state index in [1.54, 1.807) is 21.9 Å². The number of hydrogen-bond acceptors (Lipinski definition) is 10. The summed E-state index contributed by atoms with van der Waals surface area (Å²) in [6.07, 6.45) is 0. The highest BCUT2D eigenvalue weighted by molar-refractivity contribution is 5.41. The molecule has 0 aliphatic carbocycles. The van der Waals surface area contributed by atoms with Gasteiger partial charge < -0.3 is 35.0 Å². The molecule has 0 fully saturated rings. The van der Waals surface area contributed by atoms with Gasteiger partial charge >= 0.3 is 6.01 Å². The lowest BCUT2D eigenvalue weighted by Gasteiger charge is -2.25. The van der Waals surface area contributed by atoms with Gasteiger partial charge in [0.15, 0.2) is 0 Å². The van der Waals surface area contributed by atoms with E-state index in [1.165, 1.54) is 0 Å².